The third-order valence-corrected chi connectivity index (χ3v) is 25.8. The lowest BCUT2D eigenvalue weighted by Gasteiger charge is -2.26. The van der Waals surface area contributed by atoms with E-state index in [1.165, 1.54) is 112 Å². The quantitative estimate of drug-likeness (QED) is 0.0906. The first kappa shape index (κ1) is 72.8. The number of thiophene rings is 2. The highest BCUT2D eigenvalue weighted by molar-refractivity contribution is 7.26. The predicted octanol–water partition coefficient (Wildman–Crippen LogP) is 33.2. The Morgan fingerprint density at radius 3 is 0.746 bits per heavy atom. The van der Waals surface area contributed by atoms with Crippen molar-refractivity contribution in [1.29, 1.82) is 0 Å². The van der Waals surface area contributed by atoms with Crippen molar-refractivity contribution >= 4 is 175 Å². The van der Waals surface area contributed by atoms with Gasteiger partial charge in [-0.25, -0.2) is 0 Å². The van der Waals surface area contributed by atoms with Crippen molar-refractivity contribution in [3.63, 3.8) is 0 Å². The van der Waals surface area contributed by atoms with Gasteiger partial charge >= 0.3 is 0 Å². The molecule has 122 heavy (non-hydrogen) atoms. The lowest BCUT2D eigenvalue weighted by Crippen LogP contribution is -2.10. The smallest absolute Gasteiger partial charge is 0.0548 e. The molecule has 0 unspecified atom stereocenters. The number of hydrogen-bond acceptors (Lipinski definition) is 6. The summed E-state index contributed by atoms with van der Waals surface area (Å²) in [7, 11) is 0. The summed E-state index contributed by atoms with van der Waals surface area (Å²) in [6.07, 6.45) is 0. The summed E-state index contributed by atoms with van der Waals surface area (Å²) in [5.41, 5.74) is 27.5. The number of fused-ring (bicyclic) bond motifs is 12. The Labute approximate surface area is 716 Å². The van der Waals surface area contributed by atoms with E-state index >= 15 is 0 Å². The van der Waals surface area contributed by atoms with E-state index in [9.17, 15) is 0 Å². The van der Waals surface area contributed by atoms with Crippen LogP contribution < -0.4 is 19.6 Å². The summed E-state index contributed by atoms with van der Waals surface area (Å²) in [6, 6.07) is 171. The Bertz CT molecular complexity index is 7610. The van der Waals surface area contributed by atoms with Crippen molar-refractivity contribution in [2.24, 2.45) is 0 Å². The highest BCUT2D eigenvalue weighted by Gasteiger charge is 2.24. The second-order valence-corrected chi connectivity index (χ2v) is 33.0. The first-order valence-electron chi connectivity index (χ1n) is 41.4. The number of anilines is 12. The second kappa shape index (κ2) is 31.7. The van der Waals surface area contributed by atoms with E-state index in [0.29, 0.717) is 0 Å². The number of aromatic nitrogens is 2. The zero-order valence-electron chi connectivity index (χ0n) is 66.5. The topological polar surface area (TPSA) is 22.8 Å². The van der Waals surface area contributed by atoms with Crippen LogP contribution in [0.15, 0.2) is 473 Å². The minimum Gasteiger partial charge on any atom is -0.311 e. The molecule has 23 rings (SSSR count). The first-order valence-corrected chi connectivity index (χ1v) is 43.1. The summed E-state index contributed by atoms with van der Waals surface area (Å²) in [6.45, 7) is 0. The zero-order valence-corrected chi connectivity index (χ0v) is 68.2. The molecule has 576 valence electrons. The van der Waals surface area contributed by atoms with Crippen LogP contribution in [0.3, 0.4) is 0 Å². The molecule has 0 bridgehead atoms. The Hall–Kier alpha value is -15.6. The van der Waals surface area contributed by atoms with E-state index in [1.54, 1.807) is 0 Å². The number of hydrogen-bond donors (Lipinski definition) is 0. The Kier molecular flexibility index (Phi) is 18.9. The highest BCUT2D eigenvalue weighted by atomic mass is 32.1. The fourth-order valence-electron chi connectivity index (χ4n) is 17.8. The molecule has 0 aliphatic carbocycles. The van der Waals surface area contributed by atoms with Crippen LogP contribution in [0.25, 0.3) is 129 Å². The third kappa shape index (κ3) is 13.6. The van der Waals surface area contributed by atoms with E-state index < -0.39 is 0 Å². The fraction of sp³-hybridized carbons (Fsp3) is 0. The zero-order chi connectivity index (χ0) is 80.8. The molecule has 23 aromatic rings. The Balaban J connectivity index is 0.000000146. The molecular formula is C114H78N6S2. The van der Waals surface area contributed by atoms with E-state index in [4.69, 9.17) is 0 Å². The van der Waals surface area contributed by atoms with E-state index in [-0.39, 0.29) is 0 Å². The van der Waals surface area contributed by atoms with Crippen molar-refractivity contribution in [2.75, 3.05) is 19.6 Å². The molecule has 0 radical (unpaired) electrons. The summed E-state index contributed by atoms with van der Waals surface area (Å²) >= 11 is 3.74. The van der Waals surface area contributed by atoms with Crippen LogP contribution in [0.4, 0.5) is 68.2 Å². The number of benzene rings is 19. The molecule has 0 saturated heterocycles. The van der Waals surface area contributed by atoms with Gasteiger partial charge in [0, 0.05) is 142 Å². The lowest BCUT2D eigenvalue weighted by molar-refractivity contribution is 1.17. The van der Waals surface area contributed by atoms with Crippen LogP contribution in [-0.4, -0.2) is 9.13 Å². The van der Waals surface area contributed by atoms with Gasteiger partial charge in [0.15, 0.2) is 0 Å². The molecule has 0 saturated carbocycles. The normalized spacial score (nSPS) is 11.4. The van der Waals surface area contributed by atoms with E-state index in [0.717, 1.165) is 85.1 Å². The molecule has 19 aromatic carbocycles. The van der Waals surface area contributed by atoms with Crippen LogP contribution in [-0.2, 0) is 0 Å². The number of nitrogens with zero attached hydrogens (tertiary/aromatic N) is 6. The molecule has 4 aromatic heterocycles. The van der Waals surface area contributed by atoms with Gasteiger partial charge in [0.1, 0.15) is 0 Å². The largest absolute Gasteiger partial charge is 0.311 e. The van der Waals surface area contributed by atoms with Gasteiger partial charge < -0.3 is 28.7 Å². The second-order valence-electron chi connectivity index (χ2n) is 30.8. The molecule has 0 aliphatic heterocycles. The molecule has 0 fully saturated rings. The summed E-state index contributed by atoms with van der Waals surface area (Å²) in [5.74, 6) is 0. The fourth-order valence-corrected chi connectivity index (χ4v) is 20.0. The molecule has 0 N–H and O–H groups in total. The van der Waals surface area contributed by atoms with Crippen LogP contribution in [0.1, 0.15) is 0 Å². The van der Waals surface area contributed by atoms with Gasteiger partial charge in [0.05, 0.1) is 22.1 Å². The summed E-state index contributed by atoms with van der Waals surface area (Å²) in [4.78, 5) is 9.37. The maximum absolute atomic E-state index is 2.46. The third-order valence-electron chi connectivity index (χ3n) is 23.5. The standard InChI is InChI=1S/C60H41N3S.C54H37N3S/c1-5-15-42(16-6-1)43-25-31-49(32-26-43)61(46-17-7-2-8-18-46)50-33-27-44(28-34-50)45-29-35-51(36-30-45)63-57-38-37-52(62(47-19-9-3-10-20-47)48-21-11-4-12-22-48)39-54(57)55-41-60-56(40-58(55)63)53-23-13-14-24-59(53)64-60;1-5-16-38(17-6-1)39-28-30-43(31-29-39)56(42-22-11-4-12-23-42)44-24-15-25-45(34-44)57-51-33-32-46(55(40-18-7-2-8-19-40)41-20-9-3-10-21-41)35-48(51)49-37-54-50(36-52(49)57)47-26-13-14-27-53(47)58-54/h1-41H;1-37H. The monoisotopic (exact) mass is 1590 g/mol. The van der Waals surface area contributed by atoms with Crippen molar-refractivity contribution in [3.8, 4) is 44.8 Å². The number of para-hydroxylation sites is 6. The minimum atomic E-state index is 1.09. The van der Waals surface area contributed by atoms with Gasteiger partial charge in [-0.15, -0.1) is 22.7 Å². The molecule has 6 nitrogen and oxygen atoms in total. The Morgan fingerprint density at radius 1 is 0.139 bits per heavy atom. The van der Waals surface area contributed by atoms with E-state index in [1.807, 2.05) is 22.7 Å². The predicted molar refractivity (Wildman–Crippen MR) is 522 cm³/mol. The maximum atomic E-state index is 2.46. The molecule has 8 heteroatoms. The van der Waals surface area contributed by atoms with Crippen LogP contribution in [0, 0.1) is 0 Å². The van der Waals surface area contributed by atoms with Gasteiger partial charge in [0.2, 0.25) is 0 Å². The average molecular weight is 1600 g/mol. The van der Waals surface area contributed by atoms with Crippen LogP contribution >= 0.6 is 22.7 Å². The summed E-state index contributed by atoms with van der Waals surface area (Å²) < 4.78 is 10.1. The number of rotatable bonds is 17. The minimum absolute atomic E-state index is 1.09. The average Bonchev–Trinajstić information content (AvgIpc) is 1.57. The van der Waals surface area contributed by atoms with Crippen LogP contribution in [0.5, 0.6) is 0 Å². The highest BCUT2D eigenvalue weighted by Crippen LogP contribution is 2.48. The molecule has 0 spiro atoms. The van der Waals surface area contributed by atoms with Crippen molar-refractivity contribution in [2.45, 2.75) is 0 Å². The molecule has 0 atom stereocenters. The van der Waals surface area contributed by atoms with Gasteiger partial charge in [-0.05, 0) is 246 Å². The van der Waals surface area contributed by atoms with Gasteiger partial charge in [0.25, 0.3) is 0 Å². The SMILES string of the molecule is c1ccc(-c2ccc(N(c3ccccc3)c3ccc(-c4ccc(-n5c6ccc(N(c7ccccc7)c7ccccc7)cc6c6cc7sc8ccccc8c7cc65)cc4)cc3)cc2)cc1.c1ccc(-c2ccc(N(c3ccccc3)c3cccc(-n4c5ccc(N(c6ccccc6)c6ccccc6)cc5c5cc6sc7ccccc7c6cc54)c3)cc2)cc1. The summed E-state index contributed by atoms with van der Waals surface area (Å²) in [5, 5.41) is 10.1. The van der Waals surface area contributed by atoms with Crippen molar-refractivity contribution in [3.05, 3.63) is 473 Å². The molecule has 0 aliphatic rings. The molecule has 4 heterocycles. The van der Waals surface area contributed by atoms with Gasteiger partial charge in [-0.3, -0.25) is 0 Å². The van der Waals surface area contributed by atoms with Gasteiger partial charge in [-0.1, -0.05) is 261 Å². The van der Waals surface area contributed by atoms with E-state index in [2.05, 4.69) is 502 Å². The van der Waals surface area contributed by atoms with Crippen molar-refractivity contribution < 1.29 is 0 Å². The lowest BCUT2D eigenvalue weighted by atomic mass is 10.0. The first-order chi connectivity index (χ1) is 60.5. The van der Waals surface area contributed by atoms with Crippen LogP contribution in [0.2, 0.25) is 0 Å². The maximum Gasteiger partial charge on any atom is 0.0548 e. The molecular weight excluding hydrogens is 1520 g/mol. The van der Waals surface area contributed by atoms with Gasteiger partial charge in [-0.2, -0.15) is 0 Å². The van der Waals surface area contributed by atoms with Crippen molar-refractivity contribution in [1.82, 2.24) is 9.13 Å². The molecule has 0 amide bonds. The Morgan fingerprint density at radius 2 is 0.393 bits per heavy atom.